The van der Waals surface area contributed by atoms with Crippen molar-refractivity contribution in [2.45, 2.75) is 26.8 Å². The minimum Gasteiger partial charge on any atom is -0.332 e. The van der Waals surface area contributed by atoms with Gasteiger partial charge in [-0.2, -0.15) is 5.10 Å². The Bertz CT molecular complexity index is 983. The predicted molar refractivity (Wildman–Crippen MR) is 103 cm³/mol. The summed E-state index contributed by atoms with van der Waals surface area (Å²) in [5.41, 5.74) is 3.12. The number of carbonyl (C=O) groups is 1. The number of quaternary nitrogens is 1. The number of aryl methyl sites for hydroxylation is 2. The molecule has 0 bridgehead atoms. The first kappa shape index (κ1) is 19.7. The maximum Gasteiger partial charge on any atom is 0.280 e. The third-order valence-electron chi connectivity index (χ3n) is 4.49. The van der Waals surface area contributed by atoms with Gasteiger partial charge in [-0.25, -0.2) is 13.5 Å². The first-order chi connectivity index (χ1) is 13.3. The molecule has 0 fully saturated rings. The molecule has 1 atom stereocenters. The minimum atomic E-state index is -0.620. The van der Waals surface area contributed by atoms with Gasteiger partial charge in [0, 0.05) is 17.7 Å². The molecule has 1 aromatic heterocycles. The first-order valence-corrected chi connectivity index (χ1v) is 9.05. The lowest BCUT2D eigenvalue weighted by molar-refractivity contribution is -0.682. The zero-order chi connectivity index (χ0) is 20.3. The Morgan fingerprint density at radius 2 is 1.86 bits per heavy atom. The van der Waals surface area contributed by atoms with Crippen LogP contribution in [-0.2, 0) is 4.79 Å². The number of nitrogens with zero attached hydrogens (tertiary/aromatic N) is 2. The van der Waals surface area contributed by atoms with Gasteiger partial charge in [0.1, 0.15) is 23.5 Å². The summed E-state index contributed by atoms with van der Waals surface area (Å²) in [4.78, 5) is 12.4. The first-order valence-electron chi connectivity index (χ1n) is 9.05. The van der Waals surface area contributed by atoms with Gasteiger partial charge in [0.2, 0.25) is 0 Å². The van der Waals surface area contributed by atoms with E-state index in [2.05, 4.69) is 10.4 Å². The van der Waals surface area contributed by atoms with Crippen LogP contribution in [0.3, 0.4) is 0 Å². The van der Waals surface area contributed by atoms with Gasteiger partial charge in [0.05, 0.1) is 11.4 Å². The number of nitrogens with one attached hydrogen (secondary N) is 1. The fourth-order valence-electron chi connectivity index (χ4n) is 2.95. The quantitative estimate of drug-likeness (QED) is 0.685. The van der Waals surface area contributed by atoms with E-state index in [1.54, 1.807) is 23.0 Å². The van der Waals surface area contributed by atoms with Crippen molar-refractivity contribution in [3.63, 3.8) is 0 Å². The van der Waals surface area contributed by atoms with Gasteiger partial charge >= 0.3 is 0 Å². The van der Waals surface area contributed by atoms with Gasteiger partial charge in [0.25, 0.3) is 5.91 Å². The fraction of sp³-hybridized carbons (Fsp3) is 0.238. The van der Waals surface area contributed by atoms with Crippen LogP contribution in [0.1, 0.15) is 29.8 Å². The highest BCUT2D eigenvalue weighted by Gasteiger charge is 2.17. The molecule has 5 nitrogen and oxygen atoms in total. The number of carbonyl (C=O) groups excluding carboxylic acids is 1. The summed E-state index contributed by atoms with van der Waals surface area (Å²) in [5, 5.41) is 8.98. The highest BCUT2D eigenvalue weighted by molar-refractivity contribution is 5.90. The number of hydrogen-bond donors (Lipinski definition) is 2. The number of benzene rings is 2. The SMILES string of the molecule is Cc1ccc(-n2nc(C)cc2NC(=O)C[NH2+][C@H](C)c2ccc(F)cc2F)cc1. The standard InChI is InChI=1S/C21H22F2N4O/c1-13-4-7-17(8-5-13)27-20(10-14(2)26-27)25-21(28)12-24-15(3)18-9-6-16(22)11-19(18)23/h4-11,15,24H,12H2,1-3H3,(H,25,28)/p+1/t15-/m1/s1. The van der Waals surface area contributed by atoms with Crippen molar-refractivity contribution in [2.75, 3.05) is 11.9 Å². The average molecular weight is 385 g/mol. The van der Waals surface area contributed by atoms with Crippen molar-refractivity contribution in [3.8, 4) is 5.69 Å². The Labute approximate surface area is 162 Å². The second-order valence-corrected chi connectivity index (χ2v) is 6.86. The number of hydrogen-bond acceptors (Lipinski definition) is 2. The monoisotopic (exact) mass is 385 g/mol. The summed E-state index contributed by atoms with van der Waals surface area (Å²) < 4.78 is 28.6. The van der Waals surface area contributed by atoms with Gasteiger partial charge in [-0.15, -0.1) is 0 Å². The normalized spacial score (nSPS) is 12.0. The molecule has 28 heavy (non-hydrogen) atoms. The molecule has 2 aromatic carbocycles. The molecule has 0 radical (unpaired) electrons. The second kappa shape index (κ2) is 8.31. The van der Waals surface area contributed by atoms with Crippen LogP contribution < -0.4 is 10.6 Å². The summed E-state index contributed by atoms with van der Waals surface area (Å²) in [6.45, 7) is 5.72. The predicted octanol–water partition coefficient (Wildman–Crippen LogP) is 3.03. The van der Waals surface area contributed by atoms with Crippen LogP contribution in [-0.4, -0.2) is 22.2 Å². The summed E-state index contributed by atoms with van der Waals surface area (Å²) in [5.74, 6) is -0.897. The van der Waals surface area contributed by atoms with Crippen LogP contribution in [0.15, 0.2) is 48.5 Å². The summed E-state index contributed by atoms with van der Waals surface area (Å²) in [6, 6.07) is 12.8. The van der Waals surface area contributed by atoms with Crippen LogP contribution in [0.25, 0.3) is 5.69 Å². The Hall–Kier alpha value is -3.06. The molecule has 3 aromatic rings. The second-order valence-electron chi connectivity index (χ2n) is 6.86. The number of nitrogens with two attached hydrogens (primary N) is 1. The highest BCUT2D eigenvalue weighted by atomic mass is 19.1. The molecular weight excluding hydrogens is 362 g/mol. The zero-order valence-corrected chi connectivity index (χ0v) is 16.0. The van der Waals surface area contributed by atoms with E-state index < -0.39 is 11.6 Å². The molecule has 0 aliphatic heterocycles. The topological polar surface area (TPSA) is 63.5 Å². The van der Waals surface area contributed by atoms with E-state index in [9.17, 15) is 13.6 Å². The lowest BCUT2D eigenvalue weighted by Crippen LogP contribution is -2.86. The Morgan fingerprint density at radius 3 is 2.54 bits per heavy atom. The third kappa shape index (κ3) is 4.61. The smallest absolute Gasteiger partial charge is 0.280 e. The van der Waals surface area contributed by atoms with Crippen LogP contribution in [0.5, 0.6) is 0 Å². The molecule has 1 amide bonds. The van der Waals surface area contributed by atoms with Gasteiger partial charge in [-0.1, -0.05) is 17.7 Å². The Balaban J connectivity index is 1.66. The number of amides is 1. The summed E-state index contributed by atoms with van der Waals surface area (Å²) in [7, 11) is 0. The lowest BCUT2D eigenvalue weighted by Gasteiger charge is -2.13. The maximum atomic E-state index is 13.9. The summed E-state index contributed by atoms with van der Waals surface area (Å²) >= 11 is 0. The summed E-state index contributed by atoms with van der Waals surface area (Å²) in [6.07, 6.45) is 0. The van der Waals surface area contributed by atoms with E-state index >= 15 is 0 Å². The van der Waals surface area contributed by atoms with E-state index in [1.807, 2.05) is 38.1 Å². The van der Waals surface area contributed by atoms with Gasteiger partial charge in [-0.3, -0.25) is 4.79 Å². The molecule has 0 aliphatic carbocycles. The lowest BCUT2D eigenvalue weighted by atomic mass is 10.1. The highest BCUT2D eigenvalue weighted by Crippen LogP contribution is 2.18. The number of rotatable bonds is 6. The molecule has 0 spiro atoms. The van der Waals surface area contributed by atoms with Crippen LogP contribution in [0, 0.1) is 25.5 Å². The van der Waals surface area contributed by atoms with Crippen molar-refractivity contribution in [2.24, 2.45) is 0 Å². The number of halogens is 2. The Kier molecular flexibility index (Phi) is 5.84. The van der Waals surface area contributed by atoms with Crippen molar-refractivity contribution in [3.05, 3.63) is 77.0 Å². The minimum absolute atomic E-state index is 0.0934. The van der Waals surface area contributed by atoms with Crippen LogP contribution >= 0.6 is 0 Å². The van der Waals surface area contributed by atoms with Crippen molar-refractivity contribution >= 4 is 11.7 Å². The van der Waals surface area contributed by atoms with E-state index in [0.717, 1.165) is 23.0 Å². The van der Waals surface area contributed by atoms with E-state index in [4.69, 9.17) is 0 Å². The molecular formula is C21H23F2N4O+. The number of anilines is 1. The van der Waals surface area contributed by atoms with Crippen molar-refractivity contribution < 1.29 is 18.9 Å². The van der Waals surface area contributed by atoms with Crippen LogP contribution in [0.2, 0.25) is 0 Å². The molecule has 0 aliphatic rings. The molecule has 7 heteroatoms. The van der Waals surface area contributed by atoms with Gasteiger partial charge in [-0.05, 0) is 45.0 Å². The molecule has 3 N–H and O–H groups in total. The van der Waals surface area contributed by atoms with E-state index in [0.29, 0.717) is 11.4 Å². The average Bonchev–Trinajstić information content (AvgIpc) is 3.00. The molecule has 3 rings (SSSR count). The van der Waals surface area contributed by atoms with E-state index in [-0.39, 0.29) is 18.5 Å². The van der Waals surface area contributed by atoms with Crippen LogP contribution in [0.4, 0.5) is 14.6 Å². The molecule has 0 saturated carbocycles. The number of aromatic nitrogens is 2. The van der Waals surface area contributed by atoms with E-state index in [1.165, 1.54) is 12.1 Å². The largest absolute Gasteiger partial charge is 0.332 e. The maximum absolute atomic E-state index is 13.9. The van der Waals surface area contributed by atoms with Crippen molar-refractivity contribution in [1.29, 1.82) is 0 Å². The third-order valence-corrected chi connectivity index (χ3v) is 4.49. The fourth-order valence-corrected chi connectivity index (χ4v) is 2.95. The molecule has 146 valence electrons. The molecule has 0 saturated heterocycles. The zero-order valence-electron chi connectivity index (χ0n) is 16.0. The van der Waals surface area contributed by atoms with Gasteiger partial charge in [0.15, 0.2) is 6.54 Å². The van der Waals surface area contributed by atoms with Gasteiger partial charge < -0.3 is 10.6 Å². The molecule has 1 heterocycles. The Morgan fingerprint density at radius 1 is 1.14 bits per heavy atom. The molecule has 0 unspecified atom stereocenters. The van der Waals surface area contributed by atoms with Crippen molar-refractivity contribution in [1.82, 2.24) is 9.78 Å².